The molecule has 0 bridgehead atoms. The van der Waals surface area contributed by atoms with Crippen LogP contribution in [-0.2, 0) is 9.59 Å². The predicted molar refractivity (Wildman–Crippen MR) is 50.8 cm³/mol. The average molecular weight is 203 g/mol. The number of amides is 1. The zero-order valence-electron chi connectivity index (χ0n) is 7.43. The standard InChI is InChI=1S/C8H13NO3S/c1-5(2-8(11)12)9-4-6(13)3-7(9)10/h5-6,13H,2-4H2,1H3,(H,11,12)/t5-,6?/m1/s1. The number of thiol groups is 1. The van der Waals surface area contributed by atoms with Crippen molar-refractivity contribution in [1.82, 2.24) is 4.90 Å². The van der Waals surface area contributed by atoms with E-state index in [4.69, 9.17) is 5.11 Å². The number of rotatable bonds is 3. The number of hydrogen-bond donors (Lipinski definition) is 2. The van der Waals surface area contributed by atoms with Crippen molar-refractivity contribution in [2.24, 2.45) is 0 Å². The van der Waals surface area contributed by atoms with Crippen molar-refractivity contribution in [2.75, 3.05) is 6.54 Å². The SMILES string of the molecule is C[C@H](CC(=O)O)N1CC(S)CC1=O. The van der Waals surface area contributed by atoms with Crippen molar-refractivity contribution >= 4 is 24.5 Å². The lowest BCUT2D eigenvalue weighted by Crippen LogP contribution is -2.36. The van der Waals surface area contributed by atoms with Gasteiger partial charge in [-0.3, -0.25) is 9.59 Å². The van der Waals surface area contributed by atoms with Crippen molar-refractivity contribution in [2.45, 2.75) is 31.1 Å². The Bertz CT molecular complexity index is 231. The van der Waals surface area contributed by atoms with Gasteiger partial charge in [-0.1, -0.05) is 0 Å². The summed E-state index contributed by atoms with van der Waals surface area (Å²) in [6.45, 7) is 2.31. The summed E-state index contributed by atoms with van der Waals surface area (Å²) in [6, 6.07) is -0.220. The number of nitrogens with zero attached hydrogens (tertiary/aromatic N) is 1. The minimum atomic E-state index is -0.872. The Balaban J connectivity index is 2.51. The summed E-state index contributed by atoms with van der Waals surface area (Å²) < 4.78 is 0. The molecule has 1 heterocycles. The first-order valence-corrected chi connectivity index (χ1v) is 4.71. The second kappa shape index (κ2) is 4.00. The van der Waals surface area contributed by atoms with E-state index in [1.807, 2.05) is 0 Å². The molecule has 0 saturated carbocycles. The first-order valence-electron chi connectivity index (χ1n) is 4.20. The third-order valence-electron chi connectivity index (χ3n) is 2.14. The zero-order valence-corrected chi connectivity index (χ0v) is 8.33. The quantitative estimate of drug-likeness (QED) is 0.652. The number of carbonyl (C=O) groups excluding carboxylic acids is 1. The zero-order chi connectivity index (χ0) is 10.0. The van der Waals surface area contributed by atoms with Crippen LogP contribution in [0, 0.1) is 0 Å². The molecule has 1 aliphatic heterocycles. The van der Waals surface area contributed by atoms with E-state index in [9.17, 15) is 9.59 Å². The third kappa shape index (κ3) is 2.62. The molecule has 0 radical (unpaired) electrons. The molecular weight excluding hydrogens is 190 g/mol. The summed E-state index contributed by atoms with van der Waals surface area (Å²) in [5.41, 5.74) is 0. The fourth-order valence-corrected chi connectivity index (χ4v) is 1.83. The molecule has 0 aromatic rings. The van der Waals surface area contributed by atoms with E-state index in [0.29, 0.717) is 13.0 Å². The molecule has 1 rings (SSSR count). The van der Waals surface area contributed by atoms with Crippen LogP contribution >= 0.6 is 12.6 Å². The molecule has 4 nitrogen and oxygen atoms in total. The van der Waals surface area contributed by atoms with E-state index < -0.39 is 5.97 Å². The molecular formula is C8H13NO3S. The molecule has 13 heavy (non-hydrogen) atoms. The molecule has 0 spiro atoms. The predicted octanol–water partition coefficient (Wildman–Crippen LogP) is 0.380. The van der Waals surface area contributed by atoms with E-state index in [0.717, 1.165) is 0 Å². The highest BCUT2D eigenvalue weighted by Crippen LogP contribution is 2.19. The number of carboxylic acid groups (broad SMARTS) is 1. The molecule has 0 aliphatic carbocycles. The highest BCUT2D eigenvalue weighted by atomic mass is 32.1. The van der Waals surface area contributed by atoms with E-state index in [1.165, 1.54) is 0 Å². The maximum absolute atomic E-state index is 11.3. The van der Waals surface area contributed by atoms with Gasteiger partial charge in [-0.05, 0) is 6.92 Å². The minimum Gasteiger partial charge on any atom is -0.481 e. The van der Waals surface area contributed by atoms with Gasteiger partial charge in [0.25, 0.3) is 0 Å². The molecule has 5 heteroatoms. The molecule has 0 aromatic heterocycles. The maximum atomic E-state index is 11.3. The lowest BCUT2D eigenvalue weighted by atomic mass is 10.2. The van der Waals surface area contributed by atoms with Crippen molar-refractivity contribution in [3.8, 4) is 0 Å². The summed E-state index contributed by atoms with van der Waals surface area (Å²) in [5.74, 6) is -0.864. The van der Waals surface area contributed by atoms with Crippen LogP contribution < -0.4 is 0 Å². The number of hydrogen-bond acceptors (Lipinski definition) is 3. The van der Waals surface area contributed by atoms with Gasteiger partial charge >= 0.3 is 5.97 Å². The molecule has 1 saturated heterocycles. The van der Waals surface area contributed by atoms with Crippen LogP contribution in [-0.4, -0.2) is 39.7 Å². The Labute approximate surface area is 82.3 Å². The summed E-state index contributed by atoms with van der Waals surface area (Å²) in [6.07, 6.45) is 0.430. The first kappa shape index (κ1) is 10.4. The van der Waals surface area contributed by atoms with Gasteiger partial charge in [0.05, 0.1) is 6.42 Å². The Morgan fingerprint density at radius 3 is 2.85 bits per heavy atom. The largest absolute Gasteiger partial charge is 0.481 e. The molecule has 1 amide bonds. The molecule has 1 unspecified atom stereocenters. The Hall–Kier alpha value is -0.710. The summed E-state index contributed by atoms with van der Waals surface area (Å²) in [7, 11) is 0. The highest BCUT2D eigenvalue weighted by Gasteiger charge is 2.31. The van der Waals surface area contributed by atoms with Gasteiger partial charge in [-0.25, -0.2) is 0 Å². The molecule has 1 fully saturated rings. The molecule has 74 valence electrons. The second-order valence-electron chi connectivity index (χ2n) is 3.35. The molecule has 0 aromatic carbocycles. The van der Waals surface area contributed by atoms with Gasteiger partial charge in [0.1, 0.15) is 0 Å². The van der Waals surface area contributed by atoms with Gasteiger partial charge < -0.3 is 10.0 Å². The summed E-state index contributed by atoms with van der Waals surface area (Å²) in [5, 5.41) is 8.60. The fraction of sp³-hybridized carbons (Fsp3) is 0.750. The van der Waals surface area contributed by atoms with E-state index in [2.05, 4.69) is 12.6 Å². The van der Waals surface area contributed by atoms with Crippen molar-refractivity contribution in [3.05, 3.63) is 0 Å². The van der Waals surface area contributed by atoms with Crippen molar-refractivity contribution in [3.63, 3.8) is 0 Å². The summed E-state index contributed by atoms with van der Waals surface area (Å²) in [4.78, 5) is 23.3. The monoisotopic (exact) mass is 203 g/mol. The maximum Gasteiger partial charge on any atom is 0.305 e. The van der Waals surface area contributed by atoms with Gasteiger partial charge in [0.15, 0.2) is 0 Å². The lowest BCUT2D eigenvalue weighted by Gasteiger charge is -2.22. The number of likely N-dealkylation sites (tertiary alicyclic amines) is 1. The van der Waals surface area contributed by atoms with Gasteiger partial charge in [-0.15, -0.1) is 0 Å². The average Bonchev–Trinajstić information content (AvgIpc) is 2.28. The molecule has 2 atom stereocenters. The van der Waals surface area contributed by atoms with E-state index in [1.54, 1.807) is 11.8 Å². The van der Waals surface area contributed by atoms with Gasteiger partial charge in [0, 0.05) is 24.3 Å². The van der Waals surface area contributed by atoms with Crippen LogP contribution in [0.15, 0.2) is 0 Å². The van der Waals surface area contributed by atoms with Crippen LogP contribution in [0.2, 0.25) is 0 Å². The number of aliphatic carboxylic acids is 1. The summed E-state index contributed by atoms with van der Waals surface area (Å²) >= 11 is 4.19. The second-order valence-corrected chi connectivity index (χ2v) is 4.08. The van der Waals surface area contributed by atoms with Gasteiger partial charge in [0.2, 0.25) is 5.91 Å². The smallest absolute Gasteiger partial charge is 0.305 e. The Kier molecular flexibility index (Phi) is 3.19. The highest BCUT2D eigenvalue weighted by molar-refractivity contribution is 7.81. The van der Waals surface area contributed by atoms with Crippen LogP contribution in [0.25, 0.3) is 0 Å². The number of carboxylic acids is 1. The van der Waals surface area contributed by atoms with Crippen LogP contribution in [0.5, 0.6) is 0 Å². The van der Waals surface area contributed by atoms with E-state index in [-0.39, 0.29) is 23.6 Å². The lowest BCUT2D eigenvalue weighted by molar-refractivity contribution is -0.139. The topological polar surface area (TPSA) is 57.6 Å². The molecule has 1 aliphatic rings. The normalized spacial score (nSPS) is 24.9. The van der Waals surface area contributed by atoms with Crippen LogP contribution in [0.1, 0.15) is 19.8 Å². The number of carbonyl (C=O) groups is 2. The third-order valence-corrected chi connectivity index (χ3v) is 2.49. The fourth-order valence-electron chi connectivity index (χ4n) is 1.50. The van der Waals surface area contributed by atoms with Gasteiger partial charge in [-0.2, -0.15) is 12.6 Å². The van der Waals surface area contributed by atoms with Crippen molar-refractivity contribution in [1.29, 1.82) is 0 Å². The molecule has 1 N–H and O–H groups in total. The Morgan fingerprint density at radius 2 is 2.46 bits per heavy atom. The minimum absolute atomic E-state index is 0.00619. The Morgan fingerprint density at radius 1 is 1.85 bits per heavy atom. The first-order chi connectivity index (χ1) is 6.00. The van der Waals surface area contributed by atoms with Crippen LogP contribution in [0.4, 0.5) is 0 Å². The van der Waals surface area contributed by atoms with E-state index >= 15 is 0 Å². The van der Waals surface area contributed by atoms with Crippen molar-refractivity contribution < 1.29 is 14.7 Å². The van der Waals surface area contributed by atoms with Crippen LogP contribution in [0.3, 0.4) is 0 Å².